The van der Waals surface area contributed by atoms with Crippen molar-refractivity contribution in [3.05, 3.63) is 77.3 Å². The van der Waals surface area contributed by atoms with Crippen LogP contribution in [0.25, 0.3) is 22.6 Å². The number of ether oxygens (including phenoxy) is 1. The smallest absolute Gasteiger partial charge is 0.262 e. The Balaban J connectivity index is 1.52. The van der Waals surface area contributed by atoms with E-state index in [1.165, 1.54) is 0 Å². The fourth-order valence-electron chi connectivity index (χ4n) is 2.80. The molecule has 0 aliphatic carbocycles. The number of carbonyl (C=O) groups excluding carboxylic acids is 1. The van der Waals surface area contributed by atoms with Crippen LogP contribution in [0.1, 0.15) is 5.56 Å². The first-order valence-corrected chi connectivity index (χ1v) is 9.11. The van der Waals surface area contributed by atoms with Crippen molar-refractivity contribution < 1.29 is 13.9 Å². The Hall–Kier alpha value is -3.31. The average Bonchev–Trinajstić information content (AvgIpc) is 3.11. The second kappa shape index (κ2) is 7.74. The summed E-state index contributed by atoms with van der Waals surface area (Å²) < 4.78 is 11.4. The third-order valence-corrected chi connectivity index (χ3v) is 4.41. The number of oxazole rings is 1. The Labute approximate surface area is 166 Å². The summed E-state index contributed by atoms with van der Waals surface area (Å²) in [5, 5.41) is 3.47. The molecular formula is C22H17ClN2O3. The number of nitrogens with one attached hydrogen (secondary N) is 1. The standard InChI is InChI=1S/C22H17ClN2O3/c1-14-6-11-20-19(12-14)25-22(28-20)17-4-2-3-5-18(17)24-21(26)13-27-16-9-7-15(23)8-10-16/h2-12H,13H2,1H3,(H,24,26). The van der Waals surface area contributed by atoms with E-state index in [9.17, 15) is 4.79 Å². The maximum atomic E-state index is 12.3. The van der Waals surface area contributed by atoms with Gasteiger partial charge in [0, 0.05) is 5.02 Å². The predicted molar refractivity (Wildman–Crippen MR) is 110 cm³/mol. The van der Waals surface area contributed by atoms with E-state index in [4.69, 9.17) is 20.8 Å². The highest BCUT2D eigenvalue weighted by Crippen LogP contribution is 2.30. The quantitative estimate of drug-likeness (QED) is 0.488. The van der Waals surface area contributed by atoms with Gasteiger partial charge in [-0.2, -0.15) is 0 Å². The van der Waals surface area contributed by atoms with Crippen molar-refractivity contribution >= 4 is 34.3 Å². The molecule has 3 aromatic carbocycles. The van der Waals surface area contributed by atoms with E-state index >= 15 is 0 Å². The Kier molecular flexibility index (Phi) is 5.00. The molecule has 1 heterocycles. The van der Waals surface area contributed by atoms with Crippen molar-refractivity contribution in [1.82, 2.24) is 4.98 Å². The number of nitrogens with zero attached hydrogens (tertiary/aromatic N) is 1. The van der Waals surface area contributed by atoms with Crippen molar-refractivity contribution in [1.29, 1.82) is 0 Å². The molecule has 0 spiro atoms. The number of fused-ring (bicyclic) bond motifs is 1. The highest BCUT2D eigenvalue weighted by molar-refractivity contribution is 6.30. The Morgan fingerprint density at radius 3 is 2.71 bits per heavy atom. The summed E-state index contributed by atoms with van der Waals surface area (Å²) in [4.78, 5) is 16.9. The van der Waals surface area contributed by atoms with Crippen molar-refractivity contribution in [2.75, 3.05) is 11.9 Å². The molecule has 140 valence electrons. The van der Waals surface area contributed by atoms with Gasteiger partial charge in [-0.1, -0.05) is 29.8 Å². The zero-order valence-corrected chi connectivity index (χ0v) is 15.9. The molecule has 0 fully saturated rings. The summed E-state index contributed by atoms with van der Waals surface area (Å²) in [6.07, 6.45) is 0. The largest absolute Gasteiger partial charge is 0.484 e. The minimum Gasteiger partial charge on any atom is -0.484 e. The Morgan fingerprint density at radius 2 is 1.89 bits per heavy atom. The molecule has 0 unspecified atom stereocenters. The van der Waals surface area contributed by atoms with E-state index in [-0.39, 0.29) is 12.5 Å². The maximum absolute atomic E-state index is 12.3. The molecule has 6 heteroatoms. The number of benzene rings is 3. The molecule has 0 saturated carbocycles. The molecule has 1 aromatic heterocycles. The summed E-state index contributed by atoms with van der Waals surface area (Å²) in [7, 11) is 0. The van der Waals surface area contributed by atoms with Crippen LogP contribution in [0.4, 0.5) is 5.69 Å². The van der Waals surface area contributed by atoms with Gasteiger partial charge in [0.2, 0.25) is 5.89 Å². The van der Waals surface area contributed by atoms with Crippen LogP contribution < -0.4 is 10.1 Å². The van der Waals surface area contributed by atoms with E-state index in [0.29, 0.717) is 33.5 Å². The summed E-state index contributed by atoms with van der Waals surface area (Å²) in [5.74, 6) is 0.742. The van der Waals surface area contributed by atoms with Gasteiger partial charge in [0.05, 0.1) is 11.3 Å². The number of amides is 1. The molecule has 28 heavy (non-hydrogen) atoms. The van der Waals surface area contributed by atoms with Gasteiger partial charge >= 0.3 is 0 Å². The van der Waals surface area contributed by atoms with Gasteiger partial charge in [0.25, 0.3) is 5.91 Å². The number of para-hydroxylation sites is 1. The number of anilines is 1. The third kappa shape index (κ3) is 4.00. The maximum Gasteiger partial charge on any atom is 0.262 e. The molecular weight excluding hydrogens is 376 g/mol. The molecule has 0 atom stereocenters. The Morgan fingerprint density at radius 1 is 1.11 bits per heavy atom. The van der Waals surface area contributed by atoms with Crippen LogP contribution in [0.3, 0.4) is 0 Å². The second-order valence-electron chi connectivity index (χ2n) is 6.33. The van der Waals surface area contributed by atoms with Crippen LogP contribution in [0.2, 0.25) is 5.02 Å². The summed E-state index contributed by atoms with van der Waals surface area (Å²) in [6, 6.07) is 20.0. The first kappa shape index (κ1) is 18.1. The number of halogens is 1. The second-order valence-corrected chi connectivity index (χ2v) is 6.76. The first-order valence-electron chi connectivity index (χ1n) is 8.73. The lowest BCUT2D eigenvalue weighted by molar-refractivity contribution is -0.118. The van der Waals surface area contributed by atoms with Crippen molar-refractivity contribution in [2.24, 2.45) is 0 Å². The monoisotopic (exact) mass is 392 g/mol. The highest BCUT2D eigenvalue weighted by Gasteiger charge is 2.14. The van der Waals surface area contributed by atoms with Crippen LogP contribution >= 0.6 is 11.6 Å². The lowest BCUT2D eigenvalue weighted by Gasteiger charge is -2.10. The van der Waals surface area contributed by atoms with Crippen LogP contribution in [0.15, 0.2) is 71.1 Å². The third-order valence-electron chi connectivity index (χ3n) is 4.16. The molecule has 0 aliphatic heterocycles. The van der Waals surface area contributed by atoms with Crippen molar-refractivity contribution in [3.8, 4) is 17.2 Å². The van der Waals surface area contributed by atoms with E-state index in [1.807, 2.05) is 43.3 Å². The minimum absolute atomic E-state index is 0.122. The topological polar surface area (TPSA) is 64.4 Å². The molecule has 1 amide bonds. The van der Waals surface area contributed by atoms with Gasteiger partial charge < -0.3 is 14.5 Å². The first-order chi connectivity index (χ1) is 13.6. The SMILES string of the molecule is Cc1ccc2oc(-c3ccccc3NC(=O)COc3ccc(Cl)cc3)nc2c1. The molecule has 0 bridgehead atoms. The van der Waals surface area contributed by atoms with Crippen LogP contribution in [-0.4, -0.2) is 17.5 Å². The van der Waals surface area contributed by atoms with Crippen LogP contribution in [0.5, 0.6) is 5.75 Å². The predicted octanol–water partition coefficient (Wildman–Crippen LogP) is 5.47. The number of aromatic nitrogens is 1. The molecule has 1 N–H and O–H groups in total. The van der Waals surface area contributed by atoms with E-state index < -0.39 is 0 Å². The van der Waals surface area contributed by atoms with Gasteiger partial charge in [-0.25, -0.2) is 4.98 Å². The summed E-state index contributed by atoms with van der Waals surface area (Å²) >= 11 is 5.85. The number of aryl methyl sites for hydroxylation is 1. The summed E-state index contributed by atoms with van der Waals surface area (Å²) in [5.41, 5.74) is 3.90. The number of hydrogen-bond donors (Lipinski definition) is 1. The van der Waals surface area contributed by atoms with Gasteiger partial charge in [0.15, 0.2) is 12.2 Å². The molecule has 0 radical (unpaired) electrons. The van der Waals surface area contributed by atoms with Gasteiger partial charge in [-0.3, -0.25) is 4.79 Å². The normalized spacial score (nSPS) is 10.8. The lowest BCUT2D eigenvalue weighted by atomic mass is 10.1. The molecule has 4 rings (SSSR count). The van der Waals surface area contributed by atoms with Gasteiger partial charge in [0.1, 0.15) is 11.3 Å². The highest BCUT2D eigenvalue weighted by atomic mass is 35.5. The van der Waals surface area contributed by atoms with Crippen molar-refractivity contribution in [2.45, 2.75) is 6.92 Å². The molecule has 0 aliphatic rings. The lowest BCUT2D eigenvalue weighted by Crippen LogP contribution is -2.20. The minimum atomic E-state index is -0.283. The summed E-state index contributed by atoms with van der Waals surface area (Å²) in [6.45, 7) is 1.88. The molecule has 0 saturated heterocycles. The zero-order valence-electron chi connectivity index (χ0n) is 15.1. The van der Waals surface area contributed by atoms with E-state index in [0.717, 1.165) is 11.1 Å². The number of rotatable bonds is 5. The number of hydrogen-bond acceptors (Lipinski definition) is 4. The average molecular weight is 393 g/mol. The number of carbonyl (C=O) groups is 1. The zero-order chi connectivity index (χ0) is 19.5. The van der Waals surface area contributed by atoms with Crippen LogP contribution in [-0.2, 0) is 4.79 Å². The molecule has 4 aromatic rings. The van der Waals surface area contributed by atoms with E-state index in [2.05, 4.69) is 10.3 Å². The van der Waals surface area contributed by atoms with Gasteiger partial charge in [-0.15, -0.1) is 0 Å². The van der Waals surface area contributed by atoms with Crippen molar-refractivity contribution in [3.63, 3.8) is 0 Å². The fourth-order valence-corrected chi connectivity index (χ4v) is 2.92. The fraction of sp³-hybridized carbons (Fsp3) is 0.0909. The van der Waals surface area contributed by atoms with Gasteiger partial charge in [-0.05, 0) is 61.0 Å². The van der Waals surface area contributed by atoms with Crippen LogP contribution in [0, 0.1) is 6.92 Å². The Bertz CT molecular complexity index is 1140. The molecule has 5 nitrogen and oxygen atoms in total. The van der Waals surface area contributed by atoms with E-state index in [1.54, 1.807) is 30.3 Å².